The summed E-state index contributed by atoms with van der Waals surface area (Å²) in [6, 6.07) is 13.6. The van der Waals surface area contributed by atoms with E-state index in [1.807, 2.05) is 38.1 Å². The number of hydrogen-bond acceptors (Lipinski definition) is 5. The van der Waals surface area contributed by atoms with Crippen LogP contribution in [-0.4, -0.2) is 46.4 Å². The van der Waals surface area contributed by atoms with Crippen LogP contribution in [0.15, 0.2) is 53.4 Å². The molecule has 1 N–H and O–H groups in total. The maximum atomic E-state index is 12.8. The fourth-order valence-electron chi connectivity index (χ4n) is 3.80. The lowest BCUT2D eigenvalue weighted by Crippen LogP contribution is -2.43. The highest BCUT2D eigenvalue weighted by molar-refractivity contribution is 7.90. The van der Waals surface area contributed by atoms with E-state index in [1.54, 1.807) is 12.1 Å². The first-order valence-electron chi connectivity index (χ1n) is 10.6. The summed E-state index contributed by atoms with van der Waals surface area (Å²) < 4.78 is 50.2. The monoisotopic (exact) mass is 478 g/mol. The number of aryl methyl sites for hydroxylation is 1. The number of carbonyl (C=O) groups excluding carboxylic acids is 1. The van der Waals surface area contributed by atoms with Gasteiger partial charge in [-0.3, -0.25) is 4.79 Å². The third-order valence-corrected chi connectivity index (χ3v) is 8.83. The van der Waals surface area contributed by atoms with E-state index >= 15 is 0 Å². The van der Waals surface area contributed by atoms with E-state index < -0.39 is 19.9 Å². The molecule has 1 amide bonds. The van der Waals surface area contributed by atoms with Gasteiger partial charge in [0.15, 0.2) is 9.84 Å². The average molecular weight is 479 g/mol. The van der Waals surface area contributed by atoms with Gasteiger partial charge in [0.2, 0.25) is 15.9 Å². The normalized spacial score (nSPS) is 17.1. The highest BCUT2D eigenvalue weighted by Crippen LogP contribution is 2.23. The van der Waals surface area contributed by atoms with Crippen LogP contribution in [0, 0.1) is 12.8 Å². The van der Waals surface area contributed by atoms with Crippen molar-refractivity contribution in [2.75, 3.05) is 19.3 Å². The van der Waals surface area contributed by atoms with Crippen molar-refractivity contribution in [1.29, 1.82) is 0 Å². The summed E-state index contributed by atoms with van der Waals surface area (Å²) in [6.07, 6.45) is 2.10. The van der Waals surface area contributed by atoms with Crippen molar-refractivity contribution in [1.82, 2.24) is 9.62 Å². The van der Waals surface area contributed by atoms with E-state index in [2.05, 4.69) is 5.32 Å². The van der Waals surface area contributed by atoms with Crippen LogP contribution in [0.2, 0.25) is 0 Å². The largest absolute Gasteiger partial charge is 0.349 e. The van der Waals surface area contributed by atoms with E-state index in [4.69, 9.17) is 0 Å². The molecule has 1 atom stereocenters. The predicted octanol–water partition coefficient (Wildman–Crippen LogP) is 2.82. The molecule has 7 nitrogen and oxygen atoms in total. The number of amides is 1. The van der Waals surface area contributed by atoms with Crippen molar-refractivity contribution in [3.8, 4) is 0 Å². The molecule has 2 aromatic carbocycles. The first kappa shape index (κ1) is 24.4. The quantitative estimate of drug-likeness (QED) is 0.660. The second kappa shape index (κ2) is 9.72. The molecule has 1 aliphatic heterocycles. The Kier molecular flexibility index (Phi) is 7.42. The second-order valence-corrected chi connectivity index (χ2v) is 12.5. The molecular formula is C23H30N2O5S2. The van der Waals surface area contributed by atoms with Crippen molar-refractivity contribution in [3.63, 3.8) is 0 Å². The van der Waals surface area contributed by atoms with Crippen molar-refractivity contribution >= 4 is 25.8 Å². The molecule has 0 unspecified atom stereocenters. The average Bonchev–Trinajstić information content (AvgIpc) is 2.75. The van der Waals surface area contributed by atoms with Crippen LogP contribution in [0.5, 0.6) is 0 Å². The zero-order chi connectivity index (χ0) is 23.5. The minimum atomic E-state index is -3.43. The van der Waals surface area contributed by atoms with E-state index in [9.17, 15) is 21.6 Å². The minimum Gasteiger partial charge on any atom is -0.349 e. The number of rotatable bonds is 7. The summed E-state index contributed by atoms with van der Waals surface area (Å²) in [4.78, 5) is 12.9. The van der Waals surface area contributed by atoms with Crippen molar-refractivity contribution < 1.29 is 21.6 Å². The van der Waals surface area contributed by atoms with Gasteiger partial charge in [-0.2, -0.15) is 0 Å². The molecule has 0 aliphatic carbocycles. The first-order chi connectivity index (χ1) is 15.0. The third-order valence-electron chi connectivity index (χ3n) is 5.85. The SMILES string of the molecule is Cc1ccc(CS(=O)(=O)N2CCC(C(=O)N[C@@H](C)c3ccc(S(C)(=O)=O)cc3)CC2)cc1. The van der Waals surface area contributed by atoms with Gasteiger partial charge in [0.05, 0.1) is 16.7 Å². The Balaban J connectivity index is 1.54. The lowest BCUT2D eigenvalue weighted by molar-refractivity contribution is -0.126. The van der Waals surface area contributed by atoms with Gasteiger partial charge < -0.3 is 5.32 Å². The zero-order valence-corrected chi connectivity index (χ0v) is 20.2. The van der Waals surface area contributed by atoms with Gasteiger partial charge in [-0.25, -0.2) is 21.1 Å². The Bertz CT molecular complexity index is 1150. The molecule has 9 heteroatoms. The van der Waals surface area contributed by atoms with Crippen LogP contribution >= 0.6 is 0 Å². The Labute approximate surface area is 190 Å². The highest BCUT2D eigenvalue weighted by atomic mass is 32.2. The van der Waals surface area contributed by atoms with E-state index in [0.717, 1.165) is 22.9 Å². The summed E-state index contributed by atoms with van der Waals surface area (Å²) in [5.41, 5.74) is 2.65. The van der Waals surface area contributed by atoms with Crippen molar-refractivity contribution in [2.45, 2.75) is 43.4 Å². The molecule has 1 aliphatic rings. The van der Waals surface area contributed by atoms with Gasteiger partial charge >= 0.3 is 0 Å². The highest BCUT2D eigenvalue weighted by Gasteiger charge is 2.31. The standard InChI is InChI=1S/C23H30N2O5S2/c1-17-4-6-19(7-5-17)16-32(29,30)25-14-12-21(13-15-25)23(26)24-18(2)20-8-10-22(11-9-20)31(3,27)28/h4-11,18,21H,12-16H2,1-3H3,(H,24,26)/t18-/m0/s1. The smallest absolute Gasteiger partial charge is 0.223 e. The Hall–Kier alpha value is -2.23. The molecule has 32 heavy (non-hydrogen) atoms. The number of sulfone groups is 1. The van der Waals surface area contributed by atoms with Crippen LogP contribution in [0.25, 0.3) is 0 Å². The first-order valence-corrected chi connectivity index (χ1v) is 14.1. The van der Waals surface area contributed by atoms with Crippen LogP contribution in [0.1, 0.15) is 42.5 Å². The van der Waals surface area contributed by atoms with Gasteiger partial charge in [-0.05, 0) is 49.9 Å². The summed E-state index contributed by atoms with van der Waals surface area (Å²) in [6.45, 7) is 4.45. The Morgan fingerprint density at radius 1 is 1.00 bits per heavy atom. The second-order valence-electron chi connectivity index (χ2n) is 8.49. The lowest BCUT2D eigenvalue weighted by Gasteiger charge is -2.31. The molecule has 0 spiro atoms. The van der Waals surface area contributed by atoms with Crippen LogP contribution in [0.3, 0.4) is 0 Å². The maximum absolute atomic E-state index is 12.8. The van der Waals surface area contributed by atoms with E-state index in [1.165, 1.54) is 16.4 Å². The zero-order valence-electron chi connectivity index (χ0n) is 18.6. The number of benzene rings is 2. The fourth-order valence-corrected chi connectivity index (χ4v) is 5.99. The molecular weight excluding hydrogens is 448 g/mol. The molecule has 0 radical (unpaired) electrons. The number of carbonyl (C=O) groups is 1. The van der Waals surface area contributed by atoms with Crippen LogP contribution < -0.4 is 5.32 Å². The molecule has 1 heterocycles. The van der Waals surface area contributed by atoms with Gasteiger partial charge in [-0.15, -0.1) is 0 Å². The van der Waals surface area contributed by atoms with Crippen molar-refractivity contribution in [2.24, 2.45) is 5.92 Å². The molecule has 0 aromatic heterocycles. The number of nitrogens with one attached hydrogen (secondary N) is 1. The number of nitrogens with zero attached hydrogens (tertiary/aromatic N) is 1. The molecule has 3 rings (SSSR count). The number of piperidine rings is 1. The van der Waals surface area contributed by atoms with Gasteiger partial charge in [-0.1, -0.05) is 42.0 Å². The van der Waals surface area contributed by atoms with E-state index in [-0.39, 0.29) is 28.5 Å². The molecule has 0 bridgehead atoms. The van der Waals surface area contributed by atoms with E-state index in [0.29, 0.717) is 25.9 Å². The third kappa shape index (κ3) is 6.17. The summed E-state index contributed by atoms with van der Waals surface area (Å²) in [7, 11) is -6.69. The summed E-state index contributed by atoms with van der Waals surface area (Å²) in [5.74, 6) is -0.399. The summed E-state index contributed by atoms with van der Waals surface area (Å²) >= 11 is 0. The van der Waals surface area contributed by atoms with Crippen LogP contribution in [-0.2, 0) is 30.4 Å². The Morgan fingerprint density at radius 2 is 1.56 bits per heavy atom. The topological polar surface area (TPSA) is 101 Å². The summed E-state index contributed by atoms with van der Waals surface area (Å²) in [5, 5.41) is 2.97. The lowest BCUT2D eigenvalue weighted by atomic mass is 9.96. The number of sulfonamides is 1. The minimum absolute atomic E-state index is 0.0371. The molecule has 1 fully saturated rings. The Morgan fingerprint density at radius 3 is 2.09 bits per heavy atom. The van der Waals surface area contributed by atoms with Crippen LogP contribution in [0.4, 0.5) is 0 Å². The van der Waals surface area contributed by atoms with Gasteiger partial charge in [0.1, 0.15) is 0 Å². The van der Waals surface area contributed by atoms with Crippen molar-refractivity contribution in [3.05, 3.63) is 65.2 Å². The molecule has 174 valence electrons. The fraction of sp³-hybridized carbons (Fsp3) is 0.435. The van der Waals surface area contributed by atoms with Gasteiger partial charge in [0.25, 0.3) is 0 Å². The maximum Gasteiger partial charge on any atom is 0.223 e. The van der Waals surface area contributed by atoms with Gasteiger partial charge in [0, 0.05) is 25.3 Å². The predicted molar refractivity (Wildman–Crippen MR) is 124 cm³/mol. The molecule has 2 aromatic rings. The molecule has 1 saturated heterocycles. The number of hydrogen-bond donors (Lipinski definition) is 1. The molecule has 0 saturated carbocycles.